The Hall–Kier alpha value is -3.72. The Bertz CT molecular complexity index is 1260. The number of thiophene rings is 1. The van der Waals surface area contributed by atoms with Crippen molar-refractivity contribution < 1.29 is 14.4 Å². The molecule has 1 aromatic carbocycles. The van der Waals surface area contributed by atoms with Crippen LogP contribution in [0.5, 0.6) is 5.75 Å². The first-order valence-electron chi connectivity index (χ1n) is 10.2. The molecule has 1 atom stereocenters. The summed E-state index contributed by atoms with van der Waals surface area (Å²) in [6.07, 6.45) is 5.89. The summed E-state index contributed by atoms with van der Waals surface area (Å²) in [7, 11) is 1.88. The van der Waals surface area contributed by atoms with Crippen molar-refractivity contribution in [3.63, 3.8) is 0 Å². The van der Waals surface area contributed by atoms with Crippen molar-refractivity contribution in [3.8, 4) is 16.9 Å². The molecule has 32 heavy (non-hydrogen) atoms. The molecule has 0 saturated carbocycles. The number of hydrogen-bond donors (Lipinski definition) is 1. The predicted molar refractivity (Wildman–Crippen MR) is 123 cm³/mol. The van der Waals surface area contributed by atoms with E-state index in [4.69, 9.17) is 9.57 Å². The van der Waals surface area contributed by atoms with E-state index in [1.54, 1.807) is 10.9 Å². The van der Waals surface area contributed by atoms with Crippen LogP contribution < -0.4 is 10.1 Å². The summed E-state index contributed by atoms with van der Waals surface area (Å²) >= 11 is 1.37. The molecule has 3 aromatic heterocycles. The second-order valence-corrected chi connectivity index (χ2v) is 8.52. The molecular formula is C23H21N5O3S. The highest BCUT2D eigenvalue weighted by Crippen LogP contribution is 2.30. The molecule has 1 unspecified atom stereocenters. The zero-order valence-electron chi connectivity index (χ0n) is 17.4. The van der Waals surface area contributed by atoms with Gasteiger partial charge < -0.3 is 14.9 Å². The van der Waals surface area contributed by atoms with Crippen molar-refractivity contribution >= 4 is 33.2 Å². The molecule has 9 heteroatoms. The third kappa shape index (κ3) is 4.33. The third-order valence-corrected chi connectivity index (χ3v) is 6.15. The van der Waals surface area contributed by atoms with Gasteiger partial charge in [0.15, 0.2) is 6.10 Å². The van der Waals surface area contributed by atoms with E-state index < -0.39 is 0 Å². The van der Waals surface area contributed by atoms with E-state index in [0.717, 1.165) is 32.8 Å². The summed E-state index contributed by atoms with van der Waals surface area (Å²) in [5.41, 5.74) is 2.75. The molecule has 0 bridgehead atoms. The van der Waals surface area contributed by atoms with Crippen LogP contribution >= 0.6 is 11.3 Å². The summed E-state index contributed by atoms with van der Waals surface area (Å²) in [6, 6.07) is 13.5. The number of nitrogens with zero attached hydrogens (tertiary/aromatic N) is 4. The lowest BCUT2D eigenvalue weighted by molar-refractivity contribution is 0.0472. The largest absolute Gasteiger partial charge is 0.489 e. The normalized spacial score (nSPS) is 15.4. The second kappa shape index (κ2) is 8.80. The van der Waals surface area contributed by atoms with Crippen molar-refractivity contribution in [3.05, 3.63) is 65.9 Å². The molecule has 0 spiro atoms. The van der Waals surface area contributed by atoms with Crippen molar-refractivity contribution in [1.29, 1.82) is 0 Å². The van der Waals surface area contributed by atoms with Crippen LogP contribution in [0.1, 0.15) is 16.1 Å². The zero-order chi connectivity index (χ0) is 21.9. The Morgan fingerprint density at radius 3 is 3.06 bits per heavy atom. The molecule has 1 aliphatic rings. The lowest BCUT2D eigenvalue weighted by Gasteiger charge is -2.13. The van der Waals surface area contributed by atoms with E-state index in [-0.39, 0.29) is 12.0 Å². The molecule has 162 valence electrons. The van der Waals surface area contributed by atoms with Gasteiger partial charge in [0, 0.05) is 42.4 Å². The number of nitrogens with one attached hydrogen (secondary N) is 1. The Labute approximate surface area is 188 Å². The second-order valence-electron chi connectivity index (χ2n) is 7.49. The number of rotatable bonds is 7. The minimum atomic E-state index is -0.197. The number of benzene rings is 1. The van der Waals surface area contributed by atoms with E-state index in [1.807, 2.05) is 61.9 Å². The smallest absolute Gasteiger partial charge is 0.261 e. The molecule has 4 heterocycles. The predicted octanol–water partition coefficient (Wildman–Crippen LogP) is 3.65. The molecule has 0 saturated heterocycles. The van der Waals surface area contributed by atoms with E-state index in [1.165, 1.54) is 11.3 Å². The van der Waals surface area contributed by atoms with E-state index in [2.05, 4.69) is 20.6 Å². The molecule has 1 amide bonds. The Morgan fingerprint density at radius 1 is 1.31 bits per heavy atom. The SMILES string of the molecule is Cn1cc(-c2ccccc2OCC2CC(CNC(=O)c3cc4cccnc4s3)=NO2)cn1. The number of fused-ring (bicyclic) bond motifs is 1. The molecule has 0 radical (unpaired) electrons. The Morgan fingerprint density at radius 2 is 2.22 bits per heavy atom. The third-order valence-electron chi connectivity index (χ3n) is 5.09. The minimum Gasteiger partial charge on any atom is -0.489 e. The summed E-state index contributed by atoms with van der Waals surface area (Å²) in [5, 5.41) is 12.2. The van der Waals surface area contributed by atoms with Crippen LogP contribution in [0.4, 0.5) is 0 Å². The Balaban J connectivity index is 1.13. The van der Waals surface area contributed by atoms with Gasteiger partial charge in [0.25, 0.3) is 5.91 Å². The summed E-state index contributed by atoms with van der Waals surface area (Å²) < 4.78 is 7.79. The van der Waals surface area contributed by atoms with Crippen LogP contribution in [0.2, 0.25) is 0 Å². The first kappa shape index (κ1) is 20.2. The molecule has 4 aromatic rings. The highest BCUT2D eigenvalue weighted by molar-refractivity contribution is 7.20. The van der Waals surface area contributed by atoms with Gasteiger partial charge in [0.2, 0.25) is 0 Å². The van der Waals surface area contributed by atoms with Crippen LogP contribution in [-0.2, 0) is 11.9 Å². The average Bonchev–Trinajstić information content (AvgIpc) is 3.55. The van der Waals surface area contributed by atoms with Gasteiger partial charge >= 0.3 is 0 Å². The van der Waals surface area contributed by atoms with Gasteiger partial charge in [-0.1, -0.05) is 29.4 Å². The standard InChI is InChI=1S/C23H21N5O3S/c1-28-13-16(11-26-28)19-6-2-3-7-20(19)30-14-18-10-17(27-31-18)12-25-22(29)21-9-15-5-4-8-24-23(15)32-21/h2-9,11,13,18H,10,12,14H2,1H3,(H,25,29). The number of amides is 1. The van der Waals surface area contributed by atoms with Crippen molar-refractivity contribution in [2.75, 3.05) is 13.2 Å². The van der Waals surface area contributed by atoms with Crippen LogP contribution in [-0.4, -0.2) is 45.6 Å². The maximum Gasteiger partial charge on any atom is 0.261 e. The molecule has 8 nitrogen and oxygen atoms in total. The maximum absolute atomic E-state index is 12.5. The van der Waals surface area contributed by atoms with Gasteiger partial charge in [0.05, 0.1) is 23.3 Å². The van der Waals surface area contributed by atoms with Crippen LogP contribution in [0.3, 0.4) is 0 Å². The minimum absolute atomic E-state index is 0.138. The highest BCUT2D eigenvalue weighted by Gasteiger charge is 2.23. The molecule has 5 rings (SSSR count). The number of aryl methyl sites for hydroxylation is 1. The van der Waals surface area contributed by atoms with Gasteiger partial charge in [-0.05, 0) is 18.2 Å². The fourth-order valence-electron chi connectivity index (χ4n) is 3.51. The van der Waals surface area contributed by atoms with Crippen LogP contribution in [0.15, 0.2) is 66.2 Å². The zero-order valence-corrected chi connectivity index (χ0v) is 18.2. The number of oxime groups is 1. The maximum atomic E-state index is 12.5. The number of carbonyl (C=O) groups excluding carboxylic acids is 1. The lowest BCUT2D eigenvalue weighted by atomic mass is 10.1. The fourth-order valence-corrected chi connectivity index (χ4v) is 4.43. The van der Waals surface area contributed by atoms with E-state index in [9.17, 15) is 4.79 Å². The van der Waals surface area contributed by atoms with E-state index >= 15 is 0 Å². The highest BCUT2D eigenvalue weighted by atomic mass is 32.1. The van der Waals surface area contributed by atoms with Gasteiger partial charge in [-0.15, -0.1) is 11.3 Å². The van der Waals surface area contributed by atoms with Gasteiger partial charge in [-0.25, -0.2) is 4.98 Å². The van der Waals surface area contributed by atoms with E-state index in [0.29, 0.717) is 24.4 Å². The quantitative estimate of drug-likeness (QED) is 0.467. The number of ether oxygens (including phenoxy) is 1. The number of aromatic nitrogens is 3. The van der Waals surface area contributed by atoms with Crippen LogP contribution in [0, 0.1) is 0 Å². The molecule has 0 aliphatic carbocycles. The van der Waals surface area contributed by atoms with Crippen molar-refractivity contribution in [1.82, 2.24) is 20.1 Å². The Kier molecular flexibility index (Phi) is 5.55. The first-order valence-corrected chi connectivity index (χ1v) is 11.0. The number of pyridine rings is 1. The summed E-state index contributed by atoms with van der Waals surface area (Å²) in [5.74, 6) is 0.630. The van der Waals surface area contributed by atoms with Gasteiger partial charge in [0.1, 0.15) is 17.2 Å². The topological polar surface area (TPSA) is 90.6 Å². The number of para-hydroxylation sites is 1. The first-order chi connectivity index (χ1) is 15.7. The summed E-state index contributed by atoms with van der Waals surface area (Å²) in [4.78, 5) is 23.8. The fraction of sp³-hybridized carbons (Fsp3) is 0.217. The van der Waals surface area contributed by atoms with Gasteiger partial charge in [-0.2, -0.15) is 5.10 Å². The molecule has 0 fully saturated rings. The summed E-state index contributed by atoms with van der Waals surface area (Å²) in [6.45, 7) is 0.698. The lowest BCUT2D eigenvalue weighted by Crippen LogP contribution is -2.29. The average molecular weight is 448 g/mol. The number of carbonyl (C=O) groups is 1. The van der Waals surface area contributed by atoms with Gasteiger partial charge in [-0.3, -0.25) is 9.48 Å². The molecule has 1 N–H and O–H groups in total. The molecular weight excluding hydrogens is 426 g/mol. The molecule has 1 aliphatic heterocycles. The van der Waals surface area contributed by atoms with Crippen molar-refractivity contribution in [2.24, 2.45) is 12.2 Å². The van der Waals surface area contributed by atoms with Crippen LogP contribution in [0.25, 0.3) is 21.3 Å². The number of hydrogen-bond acceptors (Lipinski definition) is 7. The monoisotopic (exact) mass is 447 g/mol. The van der Waals surface area contributed by atoms with Crippen molar-refractivity contribution in [2.45, 2.75) is 12.5 Å².